The Kier molecular flexibility index (Phi) is 12.5. The lowest BCUT2D eigenvalue weighted by Crippen LogP contribution is -2.39. The highest BCUT2D eigenvalue weighted by molar-refractivity contribution is 9.10. The Morgan fingerprint density at radius 1 is 0.636 bits per heavy atom. The van der Waals surface area contributed by atoms with E-state index >= 15 is 0 Å². The summed E-state index contributed by atoms with van der Waals surface area (Å²) in [6.45, 7) is 15.6. The van der Waals surface area contributed by atoms with Crippen LogP contribution in [0.5, 0.6) is 0 Å². The second-order valence-electron chi connectivity index (χ2n) is 13.9. The molecule has 44 heavy (non-hydrogen) atoms. The van der Waals surface area contributed by atoms with Crippen molar-refractivity contribution in [2.75, 3.05) is 0 Å². The minimum Gasteiger partial charge on any atom is -0.444 e. The van der Waals surface area contributed by atoms with Gasteiger partial charge in [-0.15, -0.1) is 0 Å². The van der Waals surface area contributed by atoms with E-state index in [-0.39, 0.29) is 17.2 Å². The number of rotatable bonds is 3. The lowest BCUT2D eigenvalue weighted by molar-refractivity contribution is -0.0294. The highest BCUT2D eigenvalue weighted by atomic mass is 79.9. The minimum absolute atomic E-state index is 0.0146. The van der Waals surface area contributed by atoms with Crippen LogP contribution in [0.15, 0.2) is 57.5 Å². The van der Waals surface area contributed by atoms with Gasteiger partial charge in [-0.25, -0.2) is 14.4 Å². The molecule has 2 aromatic carbocycles. The van der Waals surface area contributed by atoms with Crippen LogP contribution in [-0.4, -0.2) is 35.2 Å². The van der Waals surface area contributed by atoms with E-state index < -0.39 is 29.1 Å². The molecule has 0 spiro atoms. The van der Waals surface area contributed by atoms with Gasteiger partial charge in [0, 0.05) is 14.5 Å². The maximum Gasteiger partial charge on any atom is 0.519 e. The van der Waals surface area contributed by atoms with Gasteiger partial charge in [0.05, 0.1) is 5.54 Å². The molecule has 0 saturated heterocycles. The second-order valence-corrected chi connectivity index (χ2v) is 15.7. The van der Waals surface area contributed by atoms with Gasteiger partial charge in [-0.3, -0.25) is 0 Å². The van der Waals surface area contributed by atoms with E-state index in [0.29, 0.717) is 0 Å². The minimum atomic E-state index is -1.06. The zero-order valence-electron chi connectivity index (χ0n) is 27.1. The fourth-order valence-corrected chi connectivity index (χ4v) is 4.22. The van der Waals surface area contributed by atoms with Crippen LogP contribution in [0.3, 0.4) is 0 Å². The molecule has 2 fully saturated rings. The molecule has 4 rings (SSSR count). The third kappa shape index (κ3) is 14.4. The van der Waals surface area contributed by atoms with Crippen molar-refractivity contribution in [2.45, 2.75) is 116 Å². The SMILES string of the molecule is CC(C)(C)OC(=O)NC1(c2ccc(Br)cc2)CC1.CC(C)(C)OC(=O)OC(=O)OC(C)(C)C.NC1(c2ccc(Br)cc2)CC1. The molecule has 0 unspecified atom stereocenters. The number of nitrogens with two attached hydrogens (primary N) is 1. The summed E-state index contributed by atoms with van der Waals surface area (Å²) >= 11 is 6.80. The summed E-state index contributed by atoms with van der Waals surface area (Å²) in [6, 6.07) is 16.3. The molecule has 0 radical (unpaired) electrons. The average molecular weight is 743 g/mol. The molecule has 3 N–H and O–H groups in total. The van der Waals surface area contributed by atoms with Gasteiger partial charge in [0.1, 0.15) is 16.8 Å². The molecule has 0 bridgehead atoms. The van der Waals surface area contributed by atoms with Crippen molar-refractivity contribution in [1.29, 1.82) is 0 Å². The number of ether oxygens (including phenoxy) is 4. The molecule has 2 aromatic rings. The Morgan fingerprint density at radius 2 is 1.00 bits per heavy atom. The van der Waals surface area contributed by atoms with Crippen LogP contribution in [0, 0.1) is 0 Å². The quantitative estimate of drug-likeness (QED) is 0.181. The number of benzene rings is 2. The molecule has 0 atom stereocenters. The molecule has 0 aromatic heterocycles. The molecular weight excluding hydrogens is 696 g/mol. The molecule has 244 valence electrons. The standard InChI is InChI=1S/C14H18BrNO2.C10H18O5.C9H10BrN/c1-13(2,3)18-12(17)16-14(8-9-14)10-4-6-11(15)7-5-10;1-9(2,3)14-7(11)13-8(12)15-10(4,5)6;10-8-3-1-7(2-4-8)9(11)5-6-9/h4-7H,8-9H2,1-3H3,(H,16,17);1-6H3;1-4H,5-6,11H2. The van der Waals surface area contributed by atoms with Crippen LogP contribution < -0.4 is 11.1 Å². The van der Waals surface area contributed by atoms with Crippen molar-refractivity contribution in [3.63, 3.8) is 0 Å². The first-order valence-electron chi connectivity index (χ1n) is 14.5. The van der Waals surface area contributed by atoms with Crippen LogP contribution >= 0.6 is 31.9 Å². The lowest BCUT2D eigenvalue weighted by Gasteiger charge is -2.23. The number of amides is 1. The molecule has 0 aliphatic heterocycles. The largest absolute Gasteiger partial charge is 0.519 e. The Balaban J connectivity index is 0.000000237. The van der Waals surface area contributed by atoms with E-state index in [4.69, 9.17) is 19.9 Å². The van der Waals surface area contributed by atoms with Crippen LogP contribution in [0.1, 0.15) is 99.1 Å². The third-order valence-corrected chi connectivity index (χ3v) is 7.10. The summed E-state index contributed by atoms with van der Waals surface area (Å²) in [6.07, 6.45) is 1.74. The van der Waals surface area contributed by atoms with Crippen LogP contribution in [0.4, 0.5) is 14.4 Å². The van der Waals surface area contributed by atoms with Crippen molar-refractivity contribution in [3.8, 4) is 0 Å². The van der Waals surface area contributed by atoms with E-state index in [0.717, 1.165) is 40.2 Å². The van der Waals surface area contributed by atoms with Gasteiger partial charge in [-0.05, 0) is 123 Å². The number of hydrogen-bond donors (Lipinski definition) is 2. The first-order valence-corrected chi connectivity index (χ1v) is 16.1. The molecule has 11 heteroatoms. The second kappa shape index (κ2) is 14.6. The fraction of sp³-hybridized carbons (Fsp3) is 0.545. The van der Waals surface area contributed by atoms with Crippen LogP contribution in [-0.2, 0) is 30.0 Å². The van der Waals surface area contributed by atoms with Gasteiger partial charge < -0.3 is 30.0 Å². The molecule has 9 nitrogen and oxygen atoms in total. The van der Waals surface area contributed by atoms with E-state index in [1.54, 1.807) is 41.5 Å². The first-order chi connectivity index (χ1) is 20.0. The summed E-state index contributed by atoms with van der Waals surface area (Å²) < 4.78 is 21.3. The van der Waals surface area contributed by atoms with E-state index in [1.165, 1.54) is 5.56 Å². The molecule has 2 saturated carbocycles. The molecule has 1 amide bonds. The molecule has 2 aliphatic carbocycles. The number of hydrogen-bond acceptors (Lipinski definition) is 8. The van der Waals surface area contributed by atoms with Crippen molar-refractivity contribution >= 4 is 50.3 Å². The summed E-state index contributed by atoms with van der Waals surface area (Å²) in [5.41, 5.74) is 6.35. The van der Waals surface area contributed by atoms with Gasteiger partial charge in [0.2, 0.25) is 0 Å². The highest BCUT2D eigenvalue weighted by Crippen LogP contribution is 2.46. The summed E-state index contributed by atoms with van der Waals surface area (Å²) in [4.78, 5) is 33.8. The predicted octanol–water partition coefficient (Wildman–Crippen LogP) is 9.23. The molecular formula is C33H46Br2N2O7. The number of halogens is 2. The maximum absolute atomic E-state index is 11.8. The van der Waals surface area contributed by atoms with Gasteiger partial charge in [-0.1, -0.05) is 56.1 Å². The topological polar surface area (TPSA) is 126 Å². The molecule has 0 heterocycles. The number of carbonyl (C=O) groups is 3. The fourth-order valence-electron chi connectivity index (χ4n) is 3.69. The summed E-state index contributed by atoms with van der Waals surface area (Å²) in [7, 11) is 0. The van der Waals surface area contributed by atoms with Crippen molar-refractivity contribution in [3.05, 3.63) is 68.6 Å². The number of nitrogens with one attached hydrogen (secondary N) is 1. The van der Waals surface area contributed by atoms with E-state index in [9.17, 15) is 14.4 Å². The third-order valence-electron chi connectivity index (χ3n) is 6.04. The van der Waals surface area contributed by atoms with Crippen LogP contribution in [0.25, 0.3) is 0 Å². The smallest absolute Gasteiger partial charge is 0.444 e. The Labute approximate surface area is 278 Å². The highest BCUT2D eigenvalue weighted by Gasteiger charge is 2.46. The Hall–Kier alpha value is -2.63. The monoisotopic (exact) mass is 740 g/mol. The van der Waals surface area contributed by atoms with Crippen LogP contribution in [0.2, 0.25) is 0 Å². The summed E-state index contributed by atoms with van der Waals surface area (Å²) in [5, 5.41) is 2.98. The lowest BCUT2D eigenvalue weighted by atomic mass is 10.1. The van der Waals surface area contributed by atoms with Gasteiger partial charge in [0.15, 0.2) is 0 Å². The Bertz CT molecular complexity index is 1240. The normalized spacial score (nSPS) is 16.0. The number of carbonyl (C=O) groups excluding carboxylic acids is 3. The van der Waals surface area contributed by atoms with Gasteiger partial charge >= 0.3 is 18.4 Å². The average Bonchev–Trinajstić information content (AvgIpc) is 3.75. The molecule has 2 aliphatic rings. The van der Waals surface area contributed by atoms with Gasteiger partial charge in [0.25, 0.3) is 0 Å². The van der Waals surface area contributed by atoms with Crippen molar-refractivity contribution in [2.24, 2.45) is 5.73 Å². The predicted molar refractivity (Wildman–Crippen MR) is 177 cm³/mol. The Morgan fingerprint density at radius 3 is 1.32 bits per heavy atom. The first kappa shape index (κ1) is 37.6. The van der Waals surface area contributed by atoms with E-state index in [1.807, 2.05) is 57.2 Å². The van der Waals surface area contributed by atoms with E-state index in [2.05, 4.69) is 54.0 Å². The summed E-state index contributed by atoms with van der Waals surface area (Å²) in [5.74, 6) is 0. The number of alkyl carbamates (subject to hydrolysis) is 1. The zero-order valence-corrected chi connectivity index (χ0v) is 30.3. The van der Waals surface area contributed by atoms with Crippen molar-refractivity contribution in [1.82, 2.24) is 5.32 Å². The van der Waals surface area contributed by atoms with Crippen molar-refractivity contribution < 1.29 is 33.3 Å². The van der Waals surface area contributed by atoms with Gasteiger partial charge in [-0.2, -0.15) is 0 Å². The maximum atomic E-state index is 11.8. The zero-order chi connectivity index (χ0) is 33.6.